The number of carbonyl (C=O) groups is 2. The summed E-state index contributed by atoms with van der Waals surface area (Å²) in [7, 11) is 1.13. The zero-order valence-electron chi connectivity index (χ0n) is 8.20. The van der Waals surface area contributed by atoms with E-state index in [0.29, 0.717) is 5.56 Å². The Labute approximate surface area is 85.3 Å². The van der Waals surface area contributed by atoms with Gasteiger partial charge in [0.2, 0.25) is 0 Å². The van der Waals surface area contributed by atoms with Crippen LogP contribution in [-0.4, -0.2) is 24.2 Å². The standard InChI is InChI=1S/C10H9FO4/c1-5-3-7(10(14)15-2)8(11)4-6(5)9(12)13/h3-4H,1-2H3,(H,12,13). The van der Waals surface area contributed by atoms with E-state index in [4.69, 9.17) is 5.11 Å². The maximum Gasteiger partial charge on any atom is 0.340 e. The molecule has 1 aromatic carbocycles. The summed E-state index contributed by atoms with van der Waals surface area (Å²) in [6.45, 7) is 1.48. The van der Waals surface area contributed by atoms with Crippen LogP contribution in [0, 0.1) is 12.7 Å². The van der Waals surface area contributed by atoms with Crippen molar-refractivity contribution in [2.45, 2.75) is 6.92 Å². The predicted molar refractivity (Wildman–Crippen MR) is 49.4 cm³/mol. The lowest BCUT2D eigenvalue weighted by molar-refractivity contribution is 0.0592. The van der Waals surface area contributed by atoms with Crippen LogP contribution in [0.5, 0.6) is 0 Å². The first-order chi connectivity index (χ1) is 6.97. The molecule has 0 unspecified atom stereocenters. The summed E-state index contributed by atoms with van der Waals surface area (Å²) in [5.74, 6) is -2.96. The van der Waals surface area contributed by atoms with Crippen molar-refractivity contribution in [3.8, 4) is 0 Å². The van der Waals surface area contributed by atoms with Gasteiger partial charge in [0.1, 0.15) is 5.82 Å². The minimum Gasteiger partial charge on any atom is -0.478 e. The van der Waals surface area contributed by atoms with Gasteiger partial charge in [-0.05, 0) is 24.6 Å². The third-order valence-corrected chi connectivity index (χ3v) is 1.95. The molecular weight excluding hydrogens is 203 g/mol. The van der Waals surface area contributed by atoms with Crippen LogP contribution in [-0.2, 0) is 4.74 Å². The first-order valence-corrected chi connectivity index (χ1v) is 4.09. The van der Waals surface area contributed by atoms with Crippen molar-refractivity contribution in [1.82, 2.24) is 0 Å². The molecule has 1 N–H and O–H groups in total. The molecule has 0 radical (unpaired) electrons. The normalized spacial score (nSPS) is 9.80. The number of ether oxygens (including phenoxy) is 1. The average molecular weight is 212 g/mol. The fraction of sp³-hybridized carbons (Fsp3) is 0.200. The number of benzene rings is 1. The highest BCUT2D eigenvalue weighted by molar-refractivity contribution is 5.94. The summed E-state index contributed by atoms with van der Waals surface area (Å²) in [6, 6.07) is 1.97. The van der Waals surface area contributed by atoms with Gasteiger partial charge in [-0.1, -0.05) is 0 Å². The van der Waals surface area contributed by atoms with Crippen LogP contribution >= 0.6 is 0 Å². The molecule has 0 heterocycles. The molecule has 1 aromatic rings. The highest BCUT2D eigenvalue weighted by Gasteiger charge is 2.17. The van der Waals surface area contributed by atoms with Gasteiger partial charge >= 0.3 is 11.9 Å². The average Bonchev–Trinajstić information content (AvgIpc) is 2.19. The molecule has 0 fully saturated rings. The fourth-order valence-electron chi connectivity index (χ4n) is 1.18. The highest BCUT2D eigenvalue weighted by atomic mass is 19.1. The van der Waals surface area contributed by atoms with Crippen molar-refractivity contribution in [1.29, 1.82) is 0 Å². The second-order valence-electron chi connectivity index (χ2n) is 2.94. The minimum atomic E-state index is -1.23. The third kappa shape index (κ3) is 2.12. The Balaban J connectivity index is 3.31. The second kappa shape index (κ2) is 4.08. The second-order valence-corrected chi connectivity index (χ2v) is 2.94. The Bertz CT molecular complexity index is 426. The number of aryl methyl sites for hydroxylation is 1. The molecule has 0 amide bonds. The van der Waals surface area contributed by atoms with Crippen LogP contribution in [0.1, 0.15) is 26.3 Å². The molecule has 1 rings (SSSR count). The van der Waals surface area contributed by atoms with Gasteiger partial charge in [0.25, 0.3) is 0 Å². The topological polar surface area (TPSA) is 63.6 Å². The fourth-order valence-corrected chi connectivity index (χ4v) is 1.18. The Kier molecular flexibility index (Phi) is 3.04. The number of methoxy groups -OCH3 is 1. The van der Waals surface area contributed by atoms with Crippen molar-refractivity contribution in [3.63, 3.8) is 0 Å². The van der Waals surface area contributed by atoms with Crippen molar-refractivity contribution in [3.05, 3.63) is 34.6 Å². The summed E-state index contributed by atoms with van der Waals surface area (Å²) in [5.41, 5.74) is -0.121. The van der Waals surface area contributed by atoms with Crippen molar-refractivity contribution >= 4 is 11.9 Å². The predicted octanol–water partition coefficient (Wildman–Crippen LogP) is 1.62. The maximum absolute atomic E-state index is 13.3. The number of esters is 1. The number of aromatic carboxylic acids is 1. The van der Waals surface area contributed by atoms with E-state index in [9.17, 15) is 14.0 Å². The molecule has 0 bridgehead atoms. The highest BCUT2D eigenvalue weighted by Crippen LogP contribution is 2.16. The summed E-state index contributed by atoms with van der Waals surface area (Å²) < 4.78 is 17.6. The Morgan fingerprint density at radius 1 is 1.33 bits per heavy atom. The smallest absolute Gasteiger partial charge is 0.340 e. The van der Waals surface area contributed by atoms with Crippen LogP contribution in [0.2, 0.25) is 0 Å². The number of hydrogen-bond acceptors (Lipinski definition) is 3. The molecule has 4 nitrogen and oxygen atoms in total. The molecule has 80 valence electrons. The molecular formula is C10H9FO4. The quantitative estimate of drug-likeness (QED) is 0.756. The third-order valence-electron chi connectivity index (χ3n) is 1.95. The number of rotatable bonds is 2. The van der Waals surface area contributed by atoms with Gasteiger partial charge in [0, 0.05) is 0 Å². The molecule has 0 aliphatic carbocycles. The molecule has 0 spiro atoms. The molecule has 0 atom stereocenters. The van der Waals surface area contributed by atoms with E-state index in [-0.39, 0.29) is 11.1 Å². The van der Waals surface area contributed by atoms with Crippen LogP contribution in [0.4, 0.5) is 4.39 Å². The lowest BCUT2D eigenvalue weighted by Crippen LogP contribution is -2.08. The first-order valence-electron chi connectivity index (χ1n) is 4.09. The van der Waals surface area contributed by atoms with Gasteiger partial charge < -0.3 is 9.84 Å². The van der Waals surface area contributed by atoms with Gasteiger partial charge in [0.05, 0.1) is 18.2 Å². The first kappa shape index (κ1) is 11.2. The SMILES string of the molecule is COC(=O)c1cc(C)c(C(=O)O)cc1F. The maximum atomic E-state index is 13.3. The van der Waals surface area contributed by atoms with E-state index < -0.39 is 17.8 Å². The van der Waals surface area contributed by atoms with Crippen LogP contribution < -0.4 is 0 Å². The monoisotopic (exact) mass is 212 g/mol. The summed E-state index contributed by atoms with van der Waals surface area (Å²) in [6.07, 6.45) is 0. The minimum absolute atomic E-state index is 0.167. The molecule has 15 heavy (non-hydrogen) atoms. The van der Waals surface area contributed by atoms with E-state index in [0.717, 1.165) is 19.2 Å². The number of carbonyl (C=O) groups excluding carboxylic acids is 1. The number of hydrogen-bond donors (Lipinski definition) is 1. The van der Waals surface area contributed by atoms with Crippen LogP contribution in [0.3, 0.4) is 0 Å². The summed E-state index contributed by atoms with van der Waals surface area (Å²) in [5, 5.41) is 8.69. The Morgan fingerprint density at radius 3 is 2.40 bits per heavy atom. The summed E-state index contributed by atoms with van der Waals surface area (Å²) >= 11 is 0. The van der Waals surface area contributed by atoms with E-state index >= 15 is 0 Å². The van der Waals surface area contributed by atoms with Gasteiger partial charge in [-0.15, -0.1) is 0 Å². The van der Waals surface area contributed by atoms with Crippen molar-refractivity contribution < 1.29 is 23.8 Å². The lowest BCUT2D eigenvalue weighted by Gasteiger charge is -2.05. The molecule has 0 saturated heterocycles. The zero-order valence-corrected chi connectivity index (χ0v) is 8.20. The van der Waals surface area contributed by atoms with E-state index in [1.807, 2.05) is 0 Å². The van der Waals surface area contributed by atoms with Crippen LogP contribution in [0.15, 0.2) is 12.1 Å². The largest absolute Gasteiger partial charge is 0.478 e. The van der Waals surface area contributed by atoms with Crippen LogP contribution in [0.25, 0.3) is 0 Å². The zero-order chi connectivity index (χ0) is 11.6. The van der Waals surface area contributed by atoms with Gasteiger partial charge in [0.15, 0.2) is 0 Å². The molecule has 5 heteroatoms. The number of carboxylic acid groups (broad SMARTS) is 1. The molecule has 0 aromatic heterocycles. The Hall–Kier alpha value is -1.91. The van der Waals surface area contributed by atoms with Gasteiger partial charge in [-0.2, -0.15) is 0 Å². The van der Waals surface area contributed by atoms with E-state index in [2.05, 4.69) is 4.74 Å². The molecule has 0 saturated carbocycles. The number of halogens is 1. The number of carboxylic acids is 1. The van der Waals surface area contributed by atoms with E-state index in [1.165, 1.54) is 6.92 Å². The van der Waals surface area contributed by atoms with E-state index in [1.54, 1.807) is 0 Å². The van der Waals surface area contributed by atoms with Gasteiger partial charge in [-0.25, -0.2) is 14.0 Å². The molecule has 0 aliphatic heterocycles. The lowest BCUT2D eigenvalue weighted by atomic mass is 10.0. The Morgan fingerprint density at radius 2 is 1.93 bits per heavy atom. The van der Waals surface area contributed by atoms with Crippen molar-refractivity contribution in [2.24, 2.45) is 0 Å². The van der Waals surface area contributed by atoms with Gasteiger partial charge in [-0.3, -0.25) is 0 Å². The molecule has 0 aliphatic rings. The van der Waals surface area contributed by atoms with Crippen molar-refractivity contribution in [2.75, 3.05) is 7.11 Å². The summed E-state index contributed by atoms with van der Waals surface area (Å²) in [4.78, 5) is 21.7.